The minimum atomic E-state index is -0.997. The smallest absolute Gasteiger partial charge is 0.326 e. The number of carboxylic acid groups (broad SMARTS) is 1. The van der Waals surface area contributed by atoms with Crippen LogP contribution >= 0.6 is 11.8 Å². The summed E-state index contributed by atoms with van der Waals surface area (Å²) in [6, 6.07) is 7.78. The van der Waals surface area contributed by atoms with Crippen LogP contribution < -0.4 is 5.32 Å². The second kappa shape index (κ2) is 8.54. The molecular formula is C12H17NO4S. The highest BCUT2D eigenvalue weighted by Gasteiger charge is 2.19. The summed E-state index contributed by atoms with van der Waals surface area (Å²) in [4.78, 5) is 22.7. The largest absolute Gasteiger partial charge is 0.480 e. The predicted octanol–water partition coefficient (Wildman–Crippen LogP) is 0.798. The van der Waals surface area contributed by atoms with Crippen molar-refractivity contribution in [2.45, 2.75) is 12.5 Å². The fourth-order valence-corrected chi connectivity index (χ4v) is 1.80. The number of thioether (sulfide) groups is 1. The Balaban J connectivity index is 0.00000289. The van der Waals surface area contributed by atoms with Gasteiger partial charge in [-0.25, -0.2) is 4.79 Å². The van der Waals surface area contributed by atoms with Gasteiger partial charge >= 0.3 is 5.97 Å². The van der Waals surface area contributed by atoms with E-state index in [0.717, 1.165) is 0 Å². The van der Waals surface area contributed by atoms with E-state index < -0.39 is 12.0 Å². The summed E-state index contributed by atoms with van der Waals surface area (Å²) in [6.07, 6.45) is 2.33. The summed E-state index contributed by atoms with van der Waals surface area (Å²) >= 11 is 1.56. The quantitative estimate of drug-likeness (QED) is 0.799. The molecule has 100 valence electrons. The highest BCUT2D eigenvalue weighted by atomic mass is 32.2. The lowest BCUT2D eigenvalue weighted by Gasteiger charge is -2.13. The molecule has 18 heavy (non-hydrogen) atoms. The Labute approximate surface area is 110 Å². The molecule has 0 bridgehead atoms. The first-order valence-electron chi connectivity index (χ1n) is 5.23. The molecule has 6 heteroatoms. The second-order valence-corrected chi connectivity index (χ2v) is 4.50. The van der Waals surface area contributed by atoms with Gasteiger partial charge in [-0.1, -0.05) is 18.2 Å². The predicted molar refractivity (Wildman–Crippen MR) is 71.9 cm³/mol. The van der Waals surface area contributed by atoms with Gasteiger partial charge in [0.25, 0.3) is 5.91 Å². The molecule has 1 unspecified atom stereocenters. The van der Waals surface area contributed by atoms with Gasteiger partial charge < -0.3 is 15.9 Å². The zero-order chi connectivity index (χ0) is 12.7. The van der Waals surface area contributed by atoms with Crippen LogP contribution in [0.1, 0.15) is 16.8 Å². The number of nitrogens with one attached hydrogen (secondary N) is 1. The number of carbonyl (C=O) groups excluding carboxylic acids is 1. The van der Waals surface area contributed by atoms with E-state index >= 15 is 0 Å². The van der Waals surface area contributed by atoms with Gasteiger partial charge in [0, 0.05) is 5.56 Å². The lowest BCUT2D eigenvalue weighted by atomic mass is 10.1. The molecule has 0 saturated heterocycles. The molecule has 0 aliphatic rings. The van der Waals surface area contributed by atoms with E-state index in [1.807, 2.05) is 6.26 Å². The van der Waals surface area contributed by atoms with Crippen LogP contribution in [0, 0.1) is 0 Å². The summed E-state index contributed by atoms with van der Waals surface area (Å²) < 4.78 is 0. The normalized spacial score (nSPS) is 11.2. The molecule has 0 saturated carbocycles. The number of hydrogen-bond acceptors (Lipinski definition) is 3. The summed E-state index contributed by atoms with van der Waals surface area (Å²) in [6.45, 7) is 0. The number of hydrogen-bond donors (Lipinski definition) is 2. The maximum atomic E-state index is 11.7. The van der Waals surface area contributed by atoms with Crippen molar-refractivity contribution in [2.75, 3.05) is 12.0 Å². The first kappa shape index (κ1) is 16.5. The van der Waals surface area contributed by atoms with Crippen LogP contribution in [-0.2, 0) is 4.79 Å². The molecule has 0 spiro atoms. The molecule has 1 atom stereocenters. The van der Waals surface area contributed by atoms with Crippen molar-refractivity contribution in [3.63, 3.8) is 0 Å². The number of aliphatic carboxylic acids is 1. The number of carboxylic acids is 1. The number of amides is 1. The SMILES string of the molecule is CSCCC(NC(=O)c1ccccc1)C(=O)O.O. The average molecular weight is 271 g/mol. The van der Waals surface area contributed by atoms with E-state index in [1.165, 1.54) is 0 Å². The van der Waals surface area contributed by atoms with Crippen LogP contribution in [0.2, 0.25) is 0 Å². The Bertz CT molecular complexity index is 383. The fraction of sp³-hybridized carbons (Fsp3) is 0.333. The molecule has 1 rings (SSSR count). The summed E-state index contributed by atoms with van der Waals surface area (Å²) in [5, 5.41) is 11.5. The highest BCUT2D eigenvalue weighted by molar-refractivity contribution is 7.98. The topological polar surface area (TPSA) is 97.9 Å². The van der Waals surface area contributed by atoms with Gasteiger partial charge in [0.1, 0.15) is 6.04 Å². The van der Waals surface area contributed by atoms with Crippen molar-refractivity contribution in [3.8, 4) is 0 Å². The molecule has 0 fully saturated rings. The Hall–Kier alpha value is -1.53. The van der Waals surface area contributed by atoms with Crippen molar-refractivity contribution < 1.29 is 20.2 Å². The summed E-state index contributed by atoms with van der Waals surface area (Å²) in [5.41, 5.74) is 0.475. The molecule has 0 aromatic heterocycles. The van der Waals surface area contributed by atoms with Crippen LogP contribution in [0.15, 0.2) is 30.3 Å². The van der Waals surface area contributed by atoms with E-state index in [4.69, 9.17) is 5.11 Å². The molecule has 0 heterocycles. The summed E-state index contributed by atoms with van der Waals surface area (Å²) in [5.74, 6) is -0.645. The van der Waals surface area contributed by atoms with Crippen molar-refractivity contribution >= 4 is 23.6 Å². The van der Waals surface area contributed by atoms with Gasteiger partial charge in [0.05, 0.1) is 0 Å². The molecule has 4 N–H and O–H groups in total. The molecule has 0 aliphatic heterocycles. The molecular weight excluding hydrogens is 254 g/mol. The highest BCUT2D eigenvalue weighted by Crippen LogP contribution is 2.04. The lowest BCUT2D eigenvalue weighted by molar-refractivity contribution is -0.139. The summed E-state index contributed by atoms with van der Waals surface area (Å²) in [7, 11) is 0. The van der Waals surface area contributed by atoms with E-state index in [-0.39, 0.29) is 11.4 Å². The van der Waals surface area contributed by atoms with E-state index in [9.17, 15) is 9.59 Å². The van der Waals surface area contributed by atoms with Gasteiger partial charge in [-0.3, -0.25) is 4.79 Å². The van der Waals surface area contributed by atoms with Gasteiger partial charge in [-0.2, -0.15) is 11.8 Å². The second-order valence-electron chi connectivity index (χ2n) is 3.51. The number of rotatable bonds is 6. The standard InChI is InChI=1S/C12H15NO3S.H2O/c1-17-8-7-10(12(15)16)13-11(14)9-5-3-2-4-6-9;/h2-6,10H,7-8H2,1H3,(H,13,14)(H,15,16);1H2. The molecule has 0 aliphatic carbocycles. The molecule has 0 radical (unpaired) electrons. The first-order valence-corrected chi connectivity index (χ1v) is 6.62. The molecule has 1 aromatic rings. The Morgan fingerprint density at radius 2 is 1.94 bits per heavy atom. The van der Waals surface area contributed by atoms with Crippen molar-refractivity contribution in [3.05, 3.63) is 35.9 Å². The third kappa shape index (κ3) is 5.20. The number of carbonyl (C=O) groups is 2. The maximum Gasteiger partial charge on any atom is 0.326 e. The van der Waals surface area contributed by atoms with E-state index in [0.29, 0.717) is 17.7 Å². The first-order chi connectivity index (χ1) is 8.15. The van der Waals surface area contributed by atoms with Gasteiger partial charge in [0.15, 0.2) is 0 Å². The minimum Gasteiger partial charge on any atom is -0.480 e. The van der Waals surface area contributed by atoms with Gasteiger partial charge in [0.2, 0.25) is 0 Å². The van der Waals surface area contributed by atoms with Crippen LogP contribution in [0.4, 0.5) is 0 Å². The van der Waals surface area contributed by atoms with Crippen LogP contribution in [-0.4, -0.2) is 40.5 Å². The minimum absolute atomic E-state index is 0. The average Bonchev–Trinajstić information content (AvgIpc) is 2.35. The third-order valence-corrected chi connectivity index (χ3v) is 2.89. The zero-order valence-electron chi connectivity index (χ0n) is 10.1. The van der Waals surface area contributed by atoms with Crippen molar-refractivity contribution in [1.82, 2.24) is 5.32 Å². The van der Waals surface area contributed by atoms with Crippen LogP contribution in [0.3, 0.4) is 0 Å². The maximum absolute atomic E-state index is 11.7. The fourth-order valence-electron chi connectivity index (χ4n) is 1.32. The Morgan fingerprint density at radius 1 is 1.33 bits per heavy atom. The van der Waals surface area contributed by atoms with Gasteiger partial charge in [-0.05, 0) is 30.6 Å². The van der Waals surface area contributed by atoms with E-state index in [1.54, 1.807) is 42.1 Å². The molecule has 1 amide bonds. The molecule has 5 nitrogen and oxygen atoms in total. The monoisotopic (exact) mass is 271 g/mol. The van der Waals surface area contributed by atoms with Crippen LogP contribution in [0.25, 0.3) is 0 Å². The Kier molecular flexibility index (Phi) is 7.82. The van der Waals surface area contributed by atoms with Crippen molar-refractivity contribution in [2.24, 2.45) is 0 Å². The third-order valence-electron chi connectivity index (χ3n) is 2.25. The molecule has 1 aromatic carbocycles. The van der Waals surface area contributed by atoms with Gasteiger partial charge in [-0.15, -0.1) is 0 Å². The van der Waals surface area contributed by atoms with Crippen LogP contribution in [0.5, 0.6) is 0 Å². The lowest BCUT2D eigenvalue weighted by Crippen LogP contribution is -2.41. The van der Waals surface area contributed by atoms with Crippen molar-refractivity contribution in [1.29, 1.82) is 0 Å². The zero-order valence-corrected chi connectivity index (χ0v) is 10.9. The Morgan fingerprint density at radius 3 is 2.44 bits per heavy atom. The number of benzene rings is 1. The van der Waals surface area contributed by atoms with E-state index in [2.05, 4.69) is 5.32 Å².